The van der Waals surface area contributed by atoms with Crippen LogP contribution in [-0.4, -0.2) is 16.7 Å². The Morgan fingerprint density at radius 3 is 3.05 bits per heavy atom. The van der Waals surface area contributed by atoms with Crippen LogP contribution in [0.3, 0.4) is 0 Å². The highest BCUT2D eigenvalue weighted by Crippen LogP contribution is 2.23. The van der Waals surface area contributed by atoms with Crippen LogP contribution < -0.4 is 5.32 Å². The number of aromatic nitrogens is 2. The van der Waals surface area contributed by atoms with Gasteiger partial charge in [0.15, 0.2) is 5.82 Å². The van der Waals surface area contributed by atoms with Crippen LogP contribution in [0.1, 0.15) is 49.0 Å². The summed E-state index contributed by atoms with van der Waals surface area (Å²) in [5.41, 5.74) is 1.17. The van der Waals surface area contributed by atoms with Crippen LogP contribution in [0.5, 0.6) is 0 Å². The molecule has 1 unspecified atom stereocenters. The van der Waals surface area contributed by atoms with Crippen molar-refractivity contribution in [2.75, 3.05) is 6.54 Å². The predicted molar refractivity (Wildman–Crippen MR) is 80.5 cm³/mol. The van der Waals surface area contributed by atoms with Crippen molar-refractivity contribution in [1.82, 2.24) is 15.5 Å². The van der Waals surface area contributed by atoms with Gasteiger partial charge in [0.25, 0.3) is 0 Å². The minimum atomic E-state index is 0.220. The molecule has 5 heteroatoms. The lowest BCUT2D eigenvalue weighted by Crippen LogP contribution is -2.20. The van der Waals surface area contributed by atoms with Crippen molar-refractivity contribution >= 4 is 15.9 Å². The van der Waals surface area contributed by atoms with Gasteiger partial charge in [-0.2, -0.15) is 4.98 Å². The summed E-state index contributed by atoms with van der Waals surface area (Å²) in [6, 6.07) is 8.35. The van der Waals surface area contributed by atoms with Gasteiger partial charge >= 0.3 is 0 Å². The Bertz CT molecular complexity index is 562. The van der Waals surface area contributed by atoms with Crippen LogP contribution in [0.2, 0.25) is 0 Å². The lowest BCUT2D eigenvalue weighted by molar-refractivity contribution is 0.325. The first-order valence-corrected chi connectivity index (χ1v) is 7.91. The highest BCUT2D eigenvalue weighted by molar-refractivity contribution is 9.10. The number of rotatable bonds is 3. The summed E-state index contributed by atoms with van der Waals surface area (Å²) < 4.78 is 6.52. The zero-order valence-electron chi connectivity index (χ0n) is 11.3. The second-order valence-corrected chi connectivity index (χ2v) is 6.03. The summed E-state index contributed by atoms with van der Waals surface area (Å²) in [5.74, 6) is 1.48. The van der Waals surface area contributed by atoms with Gasteiger partial charge < -0.3 is 9.84 Å². The van der Waals surface area contributed by atoms with Crippen LogP contribution in [0.25, 0.3) is 0 Å². The minimum absolute atomic E-state index is 0.220. The maximum atomic E-state index is 5.43. The first-order valence-electron chi connectivity index (χ1n) is 7.12. The molecular weight excluding hydrogens is 318 g/mol. The average molecular weight is 336 g/mol. The monoisotopic (exact) mass is 335 g/mol. The lowest BCUT2D eigenvalue weighted by atomic mass is 10.1. The lowest BCUT2D eigenvalue weighted by Gasteiger charge is -2.09. The van der Waals surface area contributed by atoms with E-state index in [1.54, 1.807) is 0 Å². The molecule has 1 N–H and O–H groups in total. The van der Waals surface area contributed by atoms with Crippen molar-refractivity contribution in [2.45, 2.75) is 38.1 Å². The van der Waals surface area contributed by atoms with E-state index in [0.717, 1.165) is 29.2 Å². The summed E-state index contributed by atoms with van der Waals surface area (Å²) in [5, 5.41) is 7.59. The first kappa shape index (κ1) is 13.8. The highest BCUT2D eigenvalue weighted by atomic mass is 79.9. The molecule has 1 aromatic heterocycles. The van der Waals surface area contributed by atoms with E-state index < -0.39 is 0 Å². The molecule has 3 rings (SSSR count). The van der Waals surface area contributed by atoms with Gasteiger partial charge in [0.05, 0.1) is 6.04 Å². The predicted octanol–water partition coefficient (Wildman–Crippen LogP) is 3.63. The van der Waals surface area contributed by atoms with E-state index in [2.05, 4.69) is 37.5 Å². The average Bonchev–Trinajstić information content (AvgIpc) is 2.74. The molecular formula is C15H18BrN3O. The van der Waals surface area contributed by atoms with E-state index in [4.69, 9.17) is 4.52 Å². The van der Waals surface area contributed by atoms with Gasteiger partial charge in [-0.3, -0.25) is 0 Å². The Hall–Kier alpha value is -1.20. The Morgan fingerprint density at radius 2 is 2.15 bits per heavy atom. The van der Waals surface area contributed by atoms with Crippen LogP contribution in [0.15, 0.2) is 33.3 Å². The normalized spacial score (nSPS) is 19.8. The number of nitrogens with zero attached hydrogens (tertiary/aromatic N) is 2. The van der Waals surface area contributed by atoms with E-state index in [1.807, 2.05) is 18.2 Å². The Kier molecular flexibility index (Phi) is 4.47. The summed E-state index contributed by atoms with van der Waals surface area (Å²) in [6.07, 6.45) is 5.50. The number of hydrogen-bond donors (Lipinski definition) is 1. The fourth-order valence-electron chi connectivity index (χ4n) is 2.53. The van der Waals surface area contributed by atoms with E-state index in [9.17, 15) is 0 Å². The van der Waals surface area contributed by atoms with Gasteiger partial charge in [-0.05, 0) is 31.0 Å². The summed E-state index contributed by atoms with van der Waals surface area (Å²) >= 11 is 3.55. The molecule has 2 aromatic rings. The van der Waals surface area contributed by atoms with Gasteiger partial charge in [0, 0.05) is 10.9 Å². The SMILES string of the molecule is Brc1ccccc1Cc1noc(C2CCCCCN2)n1. The zero-order chi connectivity index (χ0) is 13.8. The molecule has 106 valence electrons. The molecule has 0 aliphatic carbocycles. The van der Waals surface area contributed by atoms with Crippen molar-refractivity contribution in [3.63, 3.8) is 0 Å². The van der Waals surface area contributed by atoms with Crippen LogP contribution >= 0.6 is 15.9 Å². The van der Waals surface area contributed by atoms with E-state index in [0.29, 0.717) is 6.42 Å². The largest absolute Gasteiger partial charge is 0.338 e. The standard InChI is InChI=1S/C15H18BrN3O/c16-12-7-4-3-6-11(12)10-14-18-15(20-19-14)13-8-2-1-5-9-17-13/h3-4,6-7,13,17H,1-2,5,8-10H2. The number of nitrogens with one attached hydrogen (secondary N) is 1. The molecule has 0 amide bonds. The van der Waals surface area contributed by atoms with Crippen LogP contribution in [-0.2, 0) is 6.42 Å². The van der Waals surface area contributed by atoms with Gasteiger partial charge in [0.1, 0.15) is 0 Å². The molecule has 1 saturated heterocycles. The minimum Gasteiger partial charge on any atom is -0.338 e. The maximum Gasteiger partial charge on any atom is 0.243 e. The van der Waals surface area contributed by atoms with Crippen molar-refractivity contribution in [3.05, 3.63) is 46.0 Å². The molecule has 0 saturated carbocycles. The molecule has 2 heterocycles. The molecule has 1 atom stereocenters. The molecule has 0 bridgehead atoms. The fraction of sp³-hybridized carbons (Fsp3) is 0.467. The summed E-state index contributed by atoms with van der Waals surface area (Å²) in [6.45, 7) is 1.03. The smallest absolute Gasteiger partial charge is 0.243 e. The van der Waals surface area contributed by atoms with Crippen molar-refractivity contribution < 1.29 is 4.52 Å². The zero-order valence-corrected chi connectivity index (χ0v) is 12.9. The quantitative estimate of drug-likeness (QED) is 0.930. The molecule has 20 heavy (non-hydrogen) atoms. The van der Waals surface area contributed by atoms with Crippen molar-refractivity contribution in [2.24, 2.45) is 0 Å². The van der Waals surface area contributed by atoms with Crippen molar-refractivity contribution in [3.8, 4) is 0 Å². The molecule has 1 fully saturated rings. The second kappa shape index (κ2) is 6.50. The van der Waals surface area contributed by atoms with Crippen LogP contribution in [0.4, 0.5) is 0 Å². The Labute approximate surface area is 127 Å². The van der Waals surface area contributed by atoms with Gasteiger partial charge in [0.2, 0.25) is 5.89 Å². The van der Waals surface area contributed by atoms with Gasteiger partial charge in [-0.25, -0.2) is 0 Å². The van der Waals surface area contributed by atoms with Crippen LogP contribution in [0, 0.1) is 0 Å². The van der Waals surface area contributed by atoms with Crippen molar-refractivity contribution in [1.29, 1.82) is 0 Å². The Morgan fingerprint density at radius 1 is 1.25 bits per heavy atom. The molecule has 1 aliphatic heterocycles. The highest BCUT2D eigenvalue weighted by Gasteiger charge is 2.20. The topological polar surface area (TPSA) is 51.0 Å². The van der Waals surface area contributed by atoms with E-state index in [1.165, 1.54) is 24.8 Å². The third-order valence-corrected chi connectivity index (χ3v) is 4.42. The summed E-state index contributed by atoms with van der Waals surface area (Å²) in [4.78, 5) is 4.55. The molecule has 4 nitrogen and oxygen atoms in total. The second-order valence-electron chi connectivity index (χ2n) is 5.17. The third kappa shape index (κ3) is 3.27. The molecule has 1 aromatic carbocycles. The van der Waals surface area contributed by atoms with Gasteiger partial charge in [-0.15, -0.1) is 0 Å². The number of halogens is 1. The molecule has 0 spiro atoms. The fourth-order valence-corrected chi connectivity index (χ4v) is 2.96. The number of hydrogen-bond acceptors (Lipinski definition) is 4. The molecule has 0 radical (unpaired) electrons. The Balaban J connectivity index is 1.71. The van der Waals surface area contributed by atoms with E-state index >= 15 is 0 Å². The summed E-state index contributed by atoms with van der Waals surface area (Å²) in [7, 11) is 0. The van der Waals surface area contributed by atoms with E-state index in [-0.39, 0.29) is 6.04 Å². The number of benzene rings is 1. The third-order valence-electron chi connectivity index (χ3n) is 3.65. The first-order chi connectivity index (χ1) is 9.83. The molecule has 1 aliphatic rings. The van der Waals surface area contributed by atoms with Gasteiger partial charge in [-0.1, -0.05) is 52.1 Å². The maximum absolute atomic E-state index is 5.43.